The molecular formula is C20H21NO5. The fourth-order valence-electron chi connectivity index (χ4n) is 2.59. The largest absolute Gasteiger partial charge is 0.454 e. The van der Waals surface area contributed by atoms with E-state index in [0.717, 1.165) is 0 Å². The van der Waals surface area contributed by atoms with Crippen molar-refractivity contribution in [3.63, 3.8) is 0 Å². The van der Waals surface area contributed by atoms with E-state index in [9.17, 15) is 9.59 Å². The lowest BCUT2D eigenvalue weighted by Gasteiger charge is -2.23. The topological polar surface area (TPSA) is 73.9 Å². The predicted octanol–water partition coefficient (Wildman–Crippen LogP) is 3.86. The van der Waals surface area contributed by atoms with Crippen LogP contribution in [0.1, 0.15) is 42.7 Å². The standard InChI is InChI=1S/C20H21NO5/c1-20(2,3)26-19(23)21-17(18(22)13-7-5-4-6-8-13)14-9-10-15-16(11-14)25-12-24-15/h4-11,17H,12H2,1-3H3,(H,21,23). The van der Waals surface area contributed by atoms with Crippen molar-refractivity contribution < 1.29 is 23.8 Å². The Hall–Kier alpha value is -3.02. The predicted molar refractivity (Wildman–Crippen MR) is 95.4 cm³/mol. The van der Waals surface area contributed by atoms with Crippen LogP contribution in [-0.4, -0.2) is 24.3 Å². The molecule has 1 heterocycles. The van der Waals surface area contributed by atoms with Crippen LogP contribution in [0.2, 0.25) is 0 Å². The molecule has 1 unspecified atom stereocenters. The molecule has 6 nitrogen and oxygen atoms in total. The van der Waals surface area contributed by atoms with Crippen molar-refractivity contribution in [1.82, 2.24) is 5.32 Å². The van der Waals surface area contributed by atoms with Gasteiger partial charge < -0.3 is 19.5 Å². The molecule has 0 radical (unpaired) electrons. The number of Topliss-reactive ketones (excluding diaryl/α,β-unsaturated/α-hetero) is 1. The molecule has 6 heteroatoms. The number of alkyl carbamates (subject to hydrolysis) is 1. The number of fused-ring (bicyclic) bond motifs is 1. The van der Waals surface area contributed by atoms with E-state index in [4.69, 9.17) is 14.2 Å². The summed E-state index contributed by atoms with van der Waals surface area (Å²) >= 11 is 0. The average molecular weight is 355 g/mol. The minimum Gasteiger partial charge on any atom is -0.454 e. The molecule has 0 bridgehead atoms. The second-order valence-corrected chi connectivity index (χ2v) is 6.92. The van der Waals surface area contributed by atoms with E-state index in [0.29, 0.717) is 22.6 Å². The number of carbonyl (C=O) groups is 2. The van der Waals surface area contributed by atoms with Crippen molar-refractivity contribution >= 4 is 11.9 Å². The van der Waals surface area contributed by atoms with Crippen molar-refractivity contribution in [3.05, 3.63) is 59.7 Å². The molecule has 26 heavy (non-hydrogen) atoms. The molecule has 0 aromatic heterocycles. The third kappa shape index (κ3) is 4.14. The number of benzene rings is 2. The quantitative estimate of drug-likeness (QED) is 0.843. The van der Waals surface area contributed by atoms with Crippen LogP contribution >= 0.6 is 0 Å². The summed E-state index contributed by atoms with van der Waals surface area (Å²) in [5.41, 5.74) is 0.416. The van der Waals surface area contributed by atoms with Gasteiger partial charge in [-0.2, -0.15) is 0 Å². The first kappa shape index (κ1) is 17.8. The number of nitrogens with one attached hydrogen (secondary N) is 1. The molecule has 2 aromatic carbocycles. The first-order valence-corrected chi connectivity index (χ1v) is 8.32. The summed E-state index contributed by atoms with van der Waals surface area (Å²) in [6.45, 7) is 5.43. The second-order valence-electron chi connectivity index (χ2n) is 6.92. The van der Waals surface area contributed by atoms with Crippen LogP contribution in [0.5, 0.6) is 11.5 Å². The molecule has 0 saturated heterocycles. The molecule has 136 valence electrons. The van der Waals surface area contributed by atoms with Crippen LogP contribution in [0.15, 0.2) is 48.5 Å². The van der Waals surface area contributed by atoms with Crippen LogP contribution in [0.3, 0.4) is 0 Å². The van der Waals surface area contributed by atoms with Gasteiger partial charge in [0.15, 0.2) is 17.3 Å². The van der Waals surface area contributed by atoms with Gasteiger partial charge >= 0.3 is 6.09 Å². The monoisotopic (exact) mass is 355 g/mol. The minimum absolute atomic E-state index is 0.135. The zero-order chi connectivity index (χ0) is 18.7. The van der Waals surface area contributed by atoms with Gasteiger partial charge in [0.25, 0.3) is 0 Å². The number of hydrogen-bond donors (Lipinski definition) is 1. The minimum atomic E-state index is -0.901. The lowest BCUT2D eigenvalue weighted by atomic mass is 9.97. The van der Waals surface area contributed by atoms with Crippen molar-refractivity contribution in [2.24, 2.45) is 0 Å². The molecule has 0 saturated carbocycles. The third-order valence-electron chi connectivity index (χ3n) is 3.71. The van der Waals surface area contributed by atoms with Crippen molar-refractivity contribution in [2.75, 3.05) is 6.79 Å². The highest BCUT2D eigenvalue weighted by molar-refractivity contribution is 6.02. The second kappa shape index (κ2) is 7.07. The molecular weight excluding hydrogens is 334 g/mol. The summed E-state index contributed by atoms with van der Waals surface area (Å²) in [6, 6.07) is 13.0. The Morgan fingerprint density at radius 3 is 2.42 bits per heavy atom. The molecule has 0 aliphatic carbocycles. The smallest absolute Gasteiger partial charge is 0.408 e. The summed E-state index contributed by atoms with van der Waals surface area (Å²) < 4.78 is 16.0. The van der Waals surface area contributed by atoms with Crippen LogP contribution in [-0.2, 0) is 4.74 Å². The molecule has 1 N–H and O–H groups in total. The first-order valence-electron chi connectivity index (χ1n) is 8.32. The molecule has 1 aliphatic rings. The Balaban J connectivity index is 1.91. The molecule has 1 atom stereocenters. The number of amides is 1. The van der Waals surface area contributed by atoms with Crippen molar-refractivity contribution in [2.45, 2.75) is 32.4 Å². The molecule has 2 aromatic rings. The van der Waals surface area contributed by atoms with Crippen LogP contribution in [0.4, 0.5) is 4.79 Å². The van der Waals surface area contributed by atoms with Gasteiger partial charge in [0.2, 0.25) is 6.79 Å². The normalized spacial score (nSPS) is 13.8. The van der Waals surface area contributed by atoms with Gasteiger partial charge in [0, 0.05) is 5.56 Å². The summed E-state index contributed by atoms with van der Waals surface area (Å²) in [5, 5.41) is 2.67. The van der Waals surface area contributed by atoms with E-state index >= 15 is 0 Å². The Kier molecular flexibility index (Phi) is 4.84. The van der Waals surface area contributed by atoms with Gasteiger partial charge in [-0.25, -0.2) is 4.79 Å². The van der Waals surface area contributed by atoms with E-state index in [2.05, 4.69) is 5.32 Å². The average Bonchev–Trinajstić information content (AvgIpc) is 3.06. The maximum atomic E-state index is 13.0. The molecule has 3 rings (SSSR count). The summed E-state index contributed by atoms with van der Waals surface area (Å²) in [6.07, 6.45) is -0.663. The fraction of sp³-hybridized carbons (Fsp3) is 0.300. The van der Waals surface area contributed by atoms with Crippen molar-refractivity contribution in [3.8, 4) is 11.5 Å². The van der Waals surface area contributed by atoms with E-state index in [-0.39, 0.29) is 12.6 Å². The van der Waals surface area contributed by atoms with Crippen LogP contribution in [0, 0.1) is 0 Å². The van der Waals surface area contributed by atoms with Gasteiger partial charge in [-0.1, -0.05) is 36.4 Å². The van der Waals surface area contributed by atoms with Gasteiger partial charge in [0.1, 0.15) is 11.6 Å². The lowest BCUT2D eigenvalue weighted by molar-refractivity contribution is 0.0490. The molecule has 0 fully saturated rings. The zero-order valence-corrected chi connectivity index (χ0v) is 14.9. The van der Waals surface area contributed by atoms with E-state index in [1.165, 1.54) is 0 Å². The Labute approximate surface area is 152 Å². The number of rotatable bonds is 4. The Morgan fingerprint density at radius 2 is 1.73 bits per heavy atom. The van der Waals surface area contributed by atoms with E-state index < -0.39 is 17.7 Å². The first-order chi connectivity index (χ1) is 12.3. The fourth-order valence-corrected chi connectivity index (χ4v) is 2.59. The highest BCUT2D eigenvalue weighted by Gasteiger charge is 2.28. The van der Waals surface area contributed by atoms with Crippen molar-refractivity contribution in [1.29, 1.82) is 0 Å². The Morgan fingerprint density at radius 1 is 1.04 bits per heavy atom. The van der Waals surface area contributed by atoms with Gasteiger partial charge in [-0.3, -0.25) is 4.79 Å². The molecule has 1 amide bonds. The van der Waals surface area contributed by atoms with E-state index in [1.54, 1.807) is 63.2 Å². The molecule has 1 aliphatic heterocycles. The summed E-state index contributed by atoms with van der Waals surface area (Å²) in [5.74, 6) is 0.909. The number of hydrogen-bond acceptors (Lipinski definition) is 5. The van der Waals surface area contributed by atoms with Gasteiger partial charge in [-0.05, 0) is 38.5 Å². The maximum Gasteiger partial charge on any atom is 0.408 e. The number of carbonyl (C=O) groups excluding carboxylic acids is 2. The summed E-state index contributed by atoms with van der Waals surface area (Å²) in [7, 11) is 0. The summed E-state index contributed by atoms with van der Waals surface area (Å²) in [4.78, 5) is 25.3. The van der Waals surface area contributed by atoms with Gasteiger partial charge in [-0.15, -0.1) is 0 Å². The van der Waals surface area contributed by atoms with Gasteiger partial charge in [0.05, 0.1) is 0 Å². The van der Waals surface area contributed by atoms with Crippen LogP contribution in [0.25, 0.3) is 0 Å². The highest BCUT2D eigenvalue weighted by Crippen LogP contribution is 2.35. The molecule has 0 spiro atoms. The number of ketones is 1. The highest BCUT2D eigenvalue weighted by atomic mass is 16.7. The lowest BCUT2D eigenvalue weighted by Crippen LogP contribution is -2.38. The Bertz CT molecular complexity index is 811. The van der Waals surface area contributed by atoms with E-state index in [1.807, 2.05) is 6.07 Å². The third-order valence-corrected chi connectivity index (χ3v) is 3.71. The maximum absolute atomic E-state index is 13.0. The SMILES string of the molecule is CC(C)(C)OC(=O)NC(C(=O)c1ccccc1)c1ccc2c(c1)OCO2. The zero-order valence-electron chi connectivity index (χ0n) is 14.9. The van der Waals surface area contributed by atoms with Crippen LogP contribution < -0.4 is 14.8 Å². The number of ether oxygens (including phenoxy) is 3.